The minimum Gasteiger partial charge on any atom is -0.348 e. The van der Waals surface area contributed by atoms with E-state index in [0.717, 1.165) is 16.6 Å². The lowest BCUT2D eigenvalue weighted by molar-refractivity contribution is 0.152. The van der Waals surface area contributed by atoms with Gasteiger partial charge in [0.2, 0.25) is 0 Å². The van der Waals surface area contributed by atoms with Crippen LogP contribution in [-0.4, -0.2) is 14.3 Å². The molecule has 3 rings (SSSR count). The summed E-state index contributed by atoms with van der Waals surface area (Å²) in [6.45, 7) is 5.96. The predicted octanol–water partition coefficient (Wildman–Crippen LogP) is 4.85. The van der Waals surface area contributed by atoms with Crippen LogP contribution in [0.1, 0.15) is 31.5 Å². The molecule has 0 saturated heterocycles. The van der Waals surface area contributed by atoms with E-state index >= 15 is 0 Å². The highest BCUT2D eigenvalue weighted by molar-refractivity contribution is 5.88. The average Bonchev–Trinajstić information content (AvgIpc) is 3.04. The molecular formula is C17H21F2N3. The van der Waals surface area contributed by atoms with Gasteiger partial charge in [0.05, 0.1) is 6.20 Å². The zero-order valence-electron chi connectivity index (χ0n) is 13.6. The van der Waals surface area contributed by atoms with Crippen molar-refractivity contribution < 1.29 is 8.78 Å². The summed E-state index contributed by atoms with van der Waals surface area (Å²) < 4.78 is 30.2. The Balaban J connectivity index is 0.000000847. The number of hydrogen-bond donors (Lipinski definition) is 0. The summed E-state index contributed by atoms with van der Waals surface area (Å²) in [6, 6.07) is 5.40. The summed E-state index contributed by atoms with van der Waals surface area (Å²) in [5.74, 6) is 0. The Morgan fingerprint density at radius 1 is 1.09 bits per heavy atom. The monoisotopic (exact) mass is 305 g/mol. The highest BCUT2D eigenvalue weighted by Gasteiger charge is 2.18. The molecule has 0 unspecified atom stereocenters. The Bertz CT molecular complexity index is 785. The molecule has 0 spiro atoms. The molecule has 5 heteroatoms. The molecule has 3 nitrogen and oxygen atoms in total. The molecule has 0 radical (unpaired) electrons. The number of rotatable bonds is 2. The maximum absolute atomic E-state index is 13.3. The molecule has 22 heavy (non-hydrogen) atoms. The van der Waals surface area contributed by atoms with Gasteiger partial charge in [-0.1, -0.05) is 13.8 Å². The lowest BCUT2D eigenvalue weighted by Crippen LogP contribution is -1.94. The van der Waals surface area contributed by atoms with Crippen molar-refractivity contribution in [2.75, 3.05) is 0 Å². The number of benzene rings is 1. The van der Waals surface area contributed by atoms with E-state index in [1.165, 1.54) is 0 Å². The summed E-state index contributed by atoms with van der Waals surface area (Å²) in [7, 11) is 3.66. The minimum absolute atomic E-state index is 0.0479. The number of hydrogen-bond acceptors (Lipinski definition) is 1. The fourth-order valence-corrected chi connectivity index (χ4v) is 2.53. The Morgan fingerprint density at radius 3 is 2.32 bits per heavy atom. The molecule has 0 amide bonds. The topological polar surface area (TPSA) is 22.8 Å². The third kappa shape index (κ3) is 2.75. The van der Waals surface area contributed by atoms with Gasteiger partial charge in [0, 0.05) is 48.0 Å². The first-order valence-corrected chi connectivity index (χ1v) is 7.34. The molecule has 3 aromatic rings. The minimum atomic E-state index is -2.51. The summed E-state index contributed by atoms with van der Waals surface area (Å²) in [5, 5.41) is 5.03. The molecule has 118 valence electrons. The van der Waals surface area contributed by atoms with E-state index in [2.05, 4.69) is 5.10 Å². The van der Waals surface area contributed by atoms with Crippen LogP contribution in [0, 0.1) is 6.92 Å². The molecule has 1 aromatic carbocycles. The smallest absolute Gasteiger partial charge is 0.264 e. The van der Waals surface area contributed by atoms with Crippen LogP contribution >= 0.6 is 0 Å². The zero-order chi connectivity index (χ0) is 16.4. The number of halogens is 2. The van der Waals surface area contributed by atoms with Crippen LogP contribution in [0.25, 0.3) is 22.0 Å². The van der Waals surface area contributed by atoms with Gasteiger partial charge in [-0.3, -0.25) is 4.68 Å². The maximum Gasteiger partial charge on any atom is 0.264 e. The highest BCUT2D eigenvalue weighted by atomic mass is 19.3. The largest absolute Gasteiger partial charge is 0.348 e. The highest BCUT2D eigenvalue weighted by Crippen LogP contribution is 2.35. The van der Waals surface area contributed by atoms with Crippen molar-refractivity contribution in [3.63, 3.8) is 0 Å². The first-order valence-electron chi connectivity index (χ1n) is 7.34. The molecule has 0 aliphatic rings. The normalized spacial score (nSPS) is 10.9. The van der Waals surface area contributed by atoms with Crippen LogP contribution in [-0.2, 0) is 14.1 Å². The van der Waals surface area contributed by atoms with E-state index in [1.807, 2.05) is 44.5 Å². The molecule has 0 aliphatic heterocycles. The van der Waals surface area contributed by atoms with Crippen LogP contribution in [0.15, 0.2) is 30.6 Å². The lowest BCUT2D eigenvalue weighted by atomic mass is 10.0. The van der Waals surface area contributed by atoms with Crippen molar-refractivity contribution >= 4 is 10.9 Å². The van der Waals surface area contributed by atoms with Gasteiger partial charge in [-0.2, -0.15) is 5.10 Å². The summed E-state index contributed by atoms with van der Waals surface area (Å²) in [6.07, 6.45) is 0.857. The van der Waals surface area contributed by atoms with E-state index in [1.54, 1.807) is 30.2 Å². The van der Waals surface area contributed by atoms with Gasteiger partial charge >= 0.3 is 0 Å². The number of alkyl halides is 2. The van der Waals surface area contributed by atoms with Crippen LogP contribution < -0.4 is 0 Å². The van der Waals surface area contributed by atoms with Crippen molar-refractivity contribution in [1.29, 1.82) is 0 Å². The Labute approximate surface area is 129 Å². The van der Waals surface area contributed by atoms with Gasteiger partial charge in [-0.15, -0.1) is 0 Å². The van der Waals surface area contributed by atoms with E-state index in [9.17, 15) is 8.78 Å². The standard InChI is InChI=1S/C15H15F2N3.C2H6/c1-9-4-10-5-12(11-7-18-19(2)8-11)13(15(16)17)6-14(10)20(9)3;1-2/h4-8,15H,1-3H3;1-2H3. The lowest BCUT2D eigenvalue weighted by Gasteiger charge is -2.09. The summed E-state index contributed by atoms with van der Waals surface area (Å²) >= 11 is 0. The van der Waals surface area contributed by atoms with Crippen LogP contribution in [0.5, 0.6) is 0 Å². The number of fused-ring (bicyclic) bond motifs is 1. The molecule has 0 saturated carbocycles. The molecule has 2 heterocycles. The number of aryl methyl sites for hydroxylation is 3. The average molecular weight is 305 g/mol. The van der Waals surface area contributed by atoms with Gasteiger partial charge in [0.15, 0.2) is 0 Å². The molecule has 0 fully saturated rings. The maximum atomic E-state index is 13.3. The van der Waals surface area contributed by atoms with E-state index in [-0.39, 0.29) is 5.56 Å². The van der Waals surface area contributed by atoms with Crippen molar-refractivity contribution in [1.82, 2.24) is 14.3 Å². The molecule has 0 bridgehead atoms. The molecule has 2 aromatic heterocycles. The molecule has 0 atom stereocenters. The van der Waals surface area contributed by atoms with Crippen molar-refractivity contribution in [3.8, 4) is 11.1 Å². The second kappa shape index (κ2) is 6.30. The van der Waals surface area contributed by atoms with E-state index in [0.29, 0.717) is 11.1 Å². The van der Waals surface area contributed by atoms with Crippen molar-refractivity contribution in [2.24, 2.45) is 14.1 Å². The number of nitrogens with zero attached hydrogens (tertiary/aromatic N) is 3. The van der Waals surface area contributed by atoms with Crippen LogP contribution in [0.4, 0.5) is 8.78 Å². The van der Waals surface area contributed by atoms with Gasteiger partial charge in [-0.05, 0) is 30.7 Å². The van der Waals surface area contributed by atoms with Crippen LogP contribution in [0.3, 0.4) is 0 Å². The van der Waals surface area contributed by atoms with Crippen molar-refractivity contribution in [2.45, 2.75) is 27.2 Å². The molecule has 0 N–H and O–H groups in total. The fraction of sp³-hybridized carbons (Fsp3) is 0.353. The Morgan fingerprint density at radius 2 is 1.77 bits per heavy atom. The first kappa shape index (κ1) is 16.2. The predicted molar refractivity (Wildman–Crippen MR) is 86.2 cm³/mol. The SMILES string of the molecule is CC.Cc1cc2cc(-c3cnn(C)c3)c(C(F)F)cc2n1C. The Hall–Kier alpha value is -2.17. The third-order valence-electron chi connectivity index (χ3n) is 3.70. The van der Waals surface area contributed by atoms with Crippen LogP contribution in [0.2, 0.25) is 0 Å². The summed E-state index contributed by atoms with van der Waals surface area (Å²) in [5.41, 5.74) is 3.18. The number of aromatic nitrogens is 3. The summed E-state index contributed by atoms with van der Waals surface area (Å²) in [4.78, 5) is 0. The zero-order valence-corrected chi connectivity index (χ0v) is 13.6. The third-order valence-corrected chi connectivity index (χ3v) is 3.70. The first-order chi connectivity index (χ1) is 10.5. The van der Waals surface area contributed by atoms with E-state index < -0.39 is 6.43 Å². The van der Waals surface area contributed by atoms with Gasteiger partial charge in [-0.25, -0.2) is 8.78 Å². The van der Waals surface area contributed by atoms with Gasteiger partial charge < -0.3 is 4.57 Å². The van der Waals surface area contributed by atoms with Gasteiger partial charge in [0.25, 0.3) is 6.43 Å². The molecule has 0 aliphatic carbocycles. The molecular weight excluding hydrogens is 284 g/mol. The van der Waals surface area contributed by atoms with Crippen molar-refractivity contribution in [3.05, 3.63) is 41.9 Å². The fourth-order valence-electron chi connectivity index (χ4n) is 2.53. The van der Waals surface area contributed by atoms with Gasteiger partial charge in [0.1, 0.15) is 0 Å². The second-order valence-electron chi connectivity index (χ2n) is 5.05. The quantitative estimate of drug-likeness (QED) is 0.663. The van der Waals surface area contributed by atoms with E-state index in [4.69, 9.17) is 0 Å². The Kier molecular flexibility index (Phi) is 4.64. The second-order valence-corrected chi connectivity index (χ2v) is 5.05.